The first-order valence-corrected chi connectivity index (χ1v) is 6.81. The Morgan fingerprint density at radius 1 is 1.20 bits per heavy atom. The van der Waals surface area contributed by atoms with E-state index < -0.39 is 29.9 Å². The van der Waals surface area contributed by atoms with Crippen molar-refractivity contribution in [2.75, 3.05) is 0 Å². The lowest BCUT2D eigenvalue weighted by Crippen LogP contribution is -2.36. The van der Waals surface area contributed by atoms with Crippen LogP contribution in [-0.4, -0.2) is 11.3 Å². The van der Waals surface area contributed by atoms with Crippen molar-refractivity contribution < 1.29 is 22.7 Å². The van der Waals surface area contributed by atoms with Gasteiger partial charge < -0.3 is 5.11 Å². The molecule has 3 unspecified atom stereocenters. The molecule has 1 nitrogen and oxygen atoms in total. The molecule has 0 heterocycles. The molecule has 112 valence electrons. The van der Waals surface area contributed by atoms with Crippen LogP contribution in [0.2, 0.25) is 0 Å². The molecule has 0 radical (unpaired) electrons. The third-order valence-electron chi connectivity index (χ3n) is 4.17. The van der Waals surface area contributed by atoms with Gasteiger partial charge in [0.15, 0.2) is 0 Å². The molecular weight excluding hydrogens is 272 g/mol. The van der Waals surface area contributed by atoms with E-state index >= 15 is 0 Å². The number of benzene rings is 1. The Balaban J connectivity index is 2.25. The summed E-state index contributed by atoms with van der Waals surface area (Å²) in [4.78, 5) is 0. The van der Waals surface area contributed by atoms with E-state index in [0.717, 1.165) is 0 Å². The second kappa shape index (κ2) is 5.72. The van der Waals surface area contributed by atoms with Crippen LogP contribution in [0.5, 0.6) is 0 Å². The molecular formula is C15H18F4O. The maximum Gasteiger partial charge on any atom is 0.392 e. The SMILES string of the molecule is Cc1cc(C(O)C2CCCCC2C(F)(F)F)ccc1F. The van der Waals surface area contributed by atoms with E-state index in [1.165, 1.54) is 25.1 Å². The van der Waals surface area contributed by atoms with E-state index in [1.54, 1.807) is 0 Å². The number of hydrogen-bond acceptors (Lipinski definition) is 1. The zero-order chi connectivity index (χ0) is 14.9. The lowest BCUT2D eigenvalue weighted by Gasteiger charge is -2.36. The minimum atomic E-state index is -4.29. The van der Waals surface area contributed by atoms with Crippen LogP contribution >= 0.6 is 0 Å². The smallest absolute Gasteiger partial charge is 0.388 e. The average Bonchev–Trinajstić information content (AvgIpc) is 2.40. The molecule has 0 aliphatic heterocycles. The van der Waals surface area contributed by atoms with Crippen molar-refractivity contribution in [2.24, 2.45) is 11.8 Å². The molecule has 1 saturated carbocycles. The summed E-state index contributed by atoms with van der Waals surface area (Å²) in [6.45, 7) is 1.54. The second-order valence-corrected chi connectivity index (χ2v) is 5.55. The number of rotatable bonds is 2. The summed E-state index contributed by atoms with van der Waals surface area (Å²) >= 11 is 0. The van der Waals surface area contributed by atoms with E-state index in [0.29, 0.717) is 30.4 Å². The number of alkyl halides is 3. The van der Waals surface area contributed by atoms with Crippen molar-refractivity contribution in [1.29, 1.82) is 0 Å². The molecule has 20 heavy (non-hydrogen) atoms. The summed E-state index contributed by atoms with van der Waals surface area (Å²) in [5, 5.41) is 10.3. The summed E-state index contributed by atoms with van der Waals surface area (Å²) < 4.78 is 52.3. The number of aliphatic hydroxyl groups is 1. The molecule has 0 saturated heterocycles. The molecule has 1 aromatic rings. The lowest BCUT2D eigenvalue weighted by atomic mass is 9.74. The molecule has 5 heteroatoms. The Morgan fingerprint density at radius 3 is 2.45 bits per heavy atom. The van der Waals surface area contributed by atoms with E-state index in [4.69, 9.17) is 0 Å². The lowest BCUT2D eigenvalue weighted by molar-refractivity contribution is -0.207. The largest absolute Gasteiger partial charge is 0.392 e. The molecule has 1 N–H and O–H groups in total. The fourth-order valence-electron chi connectivity index (χ4n) is 3.04. The van der Waals surface area contributed by atoms with E-state index in [-0.39, 0.29) is 6.42 Å². The first-order valence-electron chi connectivity index (χ1n) is 6.81. The van der Waals surface area contributed by atoms with Crippen LogP contribution in [0.15, 0.2) is 18.2 Å². The molecule has 1 fully saturated rings. The molecule has 1 aromatic carbocycles. The summed E-state index contributed by atoms with van der Waals surface area (Å²) in [6.07, 6.45) is -3.85. The quantitative estimate of drug-likeness (QED) is 0.793. The van der Waals surface area contributed by atoms with Crippen LogP contribution in [0, 0.1) is 24.6 Å². The predicted octanol–water partition coefficient (Wildman–Crippen LogP) is 4.54. The van der Waals surface area contributed by atoms with Gasteiger partial charge in [0.2, 0.25) is 0 Å². The summed E-state index contributed by atoms with van der Waals surface area (Å²) in [7, 11) is 0. The predicted molar refractivity (Wildman–Crippen MR) is 67.6 cm³/mol. The van der Waals surface area contributed by atoms with Gasteiger partial charge in [-0.3, -0.25) is 0 Å². The molecule has 0 spiro atoms. The number of aryl methyl sites for hydroxylation is 1. The fraction of sp³-hybridized carbons (Fsp3) is 0.600. The van der Waals surface area contributed by atoms with Gasteiger partial charge in [0, 0.05) is 5.92 Å². The number of halogens is 4. The zero-order valence-corrected chi connectivity index (χ0v) is 11.3. The molecule has 0 aromatic heterocycles. The van der Waals surface area contributed by atoms with E-state index in [9.17, 15) is 22.7 Å². The number of aliphatic hydroxyl groups excluding tert-OH is 1. The van der Waals surface area contributed by atoms with Crippen molar-refractivity contribution in [1.82, 2.24) is 0 Å². The zero-order valence-electron chi connectivity index (χ0n) is 11.3. The Kier molecular flexibility index (Phi) is 4.37. The van der Waals surface area contributed by atoms with Crippen LogP contribution in [0.3, 0.4) is 0 Å². The topological polar surface area (TPSA) is 20.2 Å². The van der Waals surface area contributed by atoms with Gasteiger partial charge in [-0.2, -0.15) is 13.2 Å². The summed E-state index contributed by atoms with van der Waals surface area (Å²) in [5.41, 5.74) is 0.700. The molecule has 1 aliphatic carbocycles. The van der Waals surface area contributed by atoms with Crippen LogP contribution in [0.25, 0.3) is 0 Å². The van der Waals surface area contributed by atoms with Gasteiger partial charge in [-0.25, -0.2) is 4.39 Å². The molecule has 2 rings (SSSR count). The van der Waals surface area contributed by atoms with Gasteiger partial charge >= 0.3 is 6.18 Å². The Bertz CT molecular complexity index is 469. The Hall–Kier alpha value is -1.10. The third-order valence-corrected chi connectivity index (χ3v) is 4.17. The van der Waals surface area contributed by atoms with Crippen LogP contribution in [0.4, 0.5) is 17.6 Å². The van der Waals surface area contributed by atoms with Crippen molar-refractivity contribution in [2.45, 2.75) is 44.9 Å². The van der Waals surface area contributed by atoms with Crippen LogP contribution < -0.4 is 0 Å². The molecule has 0 bridgehead atoms. The van der Waals surface area contributed by atoms with E-state index in [1.807, 2.05) is 0 Å². The van der Waals surface area contributed by atoms with Crippen molar-refractivity contribution in [3.8, 4) is 0 Å². The monoisotopic (exact) mass is 290 g/mol. The standard InChI is InChI=1S/C15H18F4O/c1-9-8-10(6-7-13(9)16)14(20)11-4-2-3-5-12(11)15(17,18)19/h6-8,11-12,14,20H,2-5H2,1H3. The van der Waals surface area contributed by atoms with Crippen molar-refractivity contribution in [3.63, 3.8) is 0 Å². The first kappa shape index (κ1) is 15.3. The summed E-state index contributed by atoms with van der Waals surface area (Å²) in [5.74, 6) is -2.73. The van der Waals surface area contributed by atoms with Gasteiger partial charge in [0.05, 0.1) is 12.0 Å². The van der Waals surface area contributed by atoms with Gasteiger partial charge in [0.25, 0.3) is 0 Å². The maximum atomic E-state index is 13.2. The van der Waals surface area contributed by atoms with Gasteiger partial charge in [-0.15, -0.1) is 0 Å². The highest BCUT2D eigenvalue weighted by Crippen LogP contribution is 2.46. The molecule has 1 aliphatic rings. The minimum absolute atomic E-state index is 0.0609. The highest BCUT2D eigenvalue weighted by molar-refractivity contribution is 5.26. The highest BCUT2D eigenvalue weighted by atomic mass is 19.4. The fourth-order valence-corrected chi connectivity index (χ4v) is 3.04. The average molecular weight is 290 g/mol. The van der Waals surface area contributed by atoms with Crippen LogP contribution in [-0.2, 0) is 0 Å². The van der Waals surface area contributed by atoms with Gasteiger partial charge in [-0.05, 0) is 37.0 Å². The highest BCUT2D eigenvalue weighted by Gasteiger charge is 2.47. The Morgan fingerprint density at radius 2 is 1.85 bits per heavy atom. The van der Waals surface area contributed by atoms with Gasteiger partial charge in [0.1, 0.15) is 5.82 Å². The Labute approximate surface area is 115 Å². The number of hydrogen-bond donors (Lipinski definition) is 1. The minimum Gasteiger partial charge on any atom is -0.388 e. The molecule has 0 amide bonds. The second-order valence-electron chi connectivity index (χ2n) is 5.55. The van der Waals surface area contributed by atoms with Crippen molar-refractivity contribution in [3.05, 3.63) is 35.1 Å². The van der Waals surface area contributed by atoms with E-state index in [2.05, 4.69) is 0 Å². The third kappa shape index (κ3) is 3.14. The normalized spacial score (nSPS) is 25.5. The molecule has 3 atom stereocenters. The van der Waals surface area contributed by atoms with Crippen molar-refractivity contribution >= 4 is 0 Å². The van der Waals surface area contributed by atoms with Gasteiger partial charge in [-0.1, -0.05) is 25.0 Å². The van der Waals surface area contributed by atoms with Crippen LogP contribution in [0.1, 0.15) is 42.9 Å². The first-order chi connectivity index (χ1) is 9.30. The maximum absolute atomic E-state index is 13.2. The summed E-state index contributed by atoms with van der Waals surface area (Å²) in [6, 6.07) is 4.00.